The highest BCUT2D eigenvalue weighted by molar-refractivity contribution is 8.00. The Balaban J connectivity index is 1.54. The number of likely N-dealkylation sites (N-methyl/N-ethyl adjacent to an activating group) is 1. The summed E-state index contributed by atoms with van der Waals surface area (Å²) in [7, 11) is 0. The van der Waals surface area contributed by atoms with E-state index in [-0.39, 0.29) is 11.4 Å². The summed E-state index contributed by atoms with van der Waals surface area (Å²) in [5.41, 5.74) is 2.39. The van der Waals surface area contributed by atoms with Crippen molar-refractivity contribution in [1.82, 2.24) is 4.90 Å². The molecule has 4 rings (SSSR count). The van der Waals surface area contributed by atoms with Gasteiger partial charge in [0, 0.05) is 17.4 Å². The van der Waals surface area contributed by atoms with Gasteiger partial charge >= 0.3 is 5.97 Å². The number of rotatable bonds is 9. The molecule has 2 N–H and O–H groups in total. The van der Waals surface area contributed by atoms with Crippen molar-refractivity contribution < 1.29 is 19.0 Å². The smallest absolute Gasteiger partial charge is 0.341 e. The minimum absolute atomic E-state index is 0.163. The fourth-order valence-electron chi connectivity index (χ4n) is 4.01. The van der Waals surface area contributed by atoms with Crippen molar-refractivity contribution in [2.45, 2.75) is 31.1 Å². The summed E-state index contributed by atoms with van der Waals surface area (Å²) >= 11 is 1.27. The molecule has 0 amide bonds. The monoisotopic (exact) mass is 442 g/mol. The number of fused-ring (bicyclic) bond motifs is 3. The van der Waals surface area contributed by atoms with Crippen molar-refractivity contribution in [1.29, 1.82) is 0 Å². The Kier molecular flexibility index (Phi) is 6.53. The number of ether oxygens (including phenoxy) is 1. The summed E-state index contributed by atoms with van der Waals surface area (Å²) in [4.78, 5) is 15.1. The van der Waals surface area contributed by atoms with Gasteiger partial charge in [-0.3, -0.25) is 0 Å². The Morgan fingerprint density at radius 1 is 1.32 bits per heavy atom. The average molecular weight is 443 g/mol. The summed E-state index contributed by atoms with van der Waals surface area (Å²) in [6.07, 6.45) is 4.99. The first-order chi connectivity index (χ1) is 15.0. The summed E-state index contributed by atoms with van der Waals surface area (Å²) in [5, 5.41) is 9.83. The zero-order valence-corrected chi connectivity index (χ0v) is 18.5. The SMILES string of the molecule is CCN(CC)C/C=C\c1cc(F)ccc1SNc1ccc2c(c1C(=O)O)OCC1CC21. The van der Waals surface area contributed by atoms with Crippen LogP contribution in [0.25, 0.3) is 6.08 Å². The van der Waals surface area contributed by atoms with Gasteiger partial charge in [-0.25, -0.2) is 9.18 Å². The fraction of sp³-hybridized carbons (Fsp3) is 0.375. The molecule has 1 fully saturated rings. The maximum Gasteiger partial charge on any atom is 0.341 e. The highest BCUT2D eigenvalue weighted by Crippen LogP contribution is 2.55. The zero-order valence-electron chi connectivity index (χ0n) is 17.7. The van der Waals surface area contributed by atoms with E-state index in [2.05, 4.69) is 23.5 Å². The van der Waals surface area contributed by atoms with Crippen LogP contribution in [0.3, 0.4) is 0 Å². The number of benzene rings is 2. The van der Waals surface area contributed by atoms with Gasteiger partial charge in [-0.05, 0) is 72.8 Å². The van der Waals surface area contributed by atoms with Gasteiger partial charge < -0.3 is 19.5 Å². The third kappa shape index (κ3) is 4.72. The van der Waals surface area contributed by atoms with Gasteiger partial charge in [0.15, 0.2) is 0 Å². The molecule has 31 heavy (non-hydrogen) atoms. The number of carboxylic acids is 1. The van der Waals surface area contributed by atoms with Crippen molar-refractivity contribution in [3.63, 3.8) is 0 Å². The lowest BCUT2D eigenvalue weighted by Gasteiger charge is -2.21. The molecule has 0 bridgehead atoms. The Morgan fingerprint density at radius 3 is 2.87 bits per heavy atom. The van der Waals surface area contributed by atoms with Crippen LogP contribution < -0.4 is 9.46 Å². The van der Waals surface area contributed by atoms with Gasteiger partial charge in [-0.2, -0.15) is 0 Å². The van der Waals surface area contributed by atoms with E-state index in [0.29, 0.717) is 29.9 Å². The predicted octanol–water partition coefficient (Wildman–Crippen LogP) is 5.49. The molecule has 2 aliphatic rings. The third-order valence-corrected chi connectivity index (χ3v) is 6.88. The lowest BCUT2D eigenvalue weighted by molar-refractivity contribution is 0.0692. The van der Waals surface area contributed by atoms with Crippen LogP contribution in [-0.2, 0) is 0 Å². The van der Waals surface area contributed by atoms with Gasteiger partial charge in [0.2, 0.25) is 0 Å². The normalized spacial score (nSPS) is 19.1. The van der Waals surface area contributed by atoms with E-state index in [9.17, 15) is 14.3 Å². The largest absolute Gasteiger partial charge is 0.492 e. The minimum Gasteiger partial charge on any atom is -0.492 e. The summed E-state index contributed by atoms with van der Waals surface area (Å²) in [6.45, 7) is 7.48. The number of carboxylic acid groups (broad SMARTS) is 1. The molecule has 7 heteroatoms. The van der Waals surface area contributed by atoms with Crippen LogP contribution in [0.15, 0.2) is 41.3 Å². The summed E-state index contributed by atoms with van der Waals surface area (Å²) < 4.78 is 22.8. The first-order valence-corrected chi connectivity index (χ1v) is 11.5. The lowest BCUT2D eigenvalue weighted by Crippen LogP contribution is -2.22. The number of nitrogens with one attached hydrogen (secondary N) is 1. The number of hydrogen-bond acceptors (Lipinski definition) is 5. The van der Waals surface area contributed by atoms with Crippen molar-refractivity contribution in [3.05, 3.63) is 58.9 Å². The van der Waals surface area contributed by atoms with Crippen LogP contribution >= 0.6 is 11.9 Å². The summed E-state index contributed by atoms with van der Waals surface area (Å²) in [6, 6.07) is 8.37. The Morgan fingerprint density at radius 2 is 2.13 bits per heavy atom. The minimum atomic E-state index is -1.02. The Bertz CT molecular complexity index is 1010. The molecule has 5 nitrogen and oxygen atoms in total. The average Bonchev–Trinajstić information content (AvgIpc) is 3.55. The molecule has 1 heterocycles. The summed E-state index contributed by atoms with van der Waals surface area (Å²) in [5.74, 6) is 0.0995. The van der Waals surface area contributed by atoms with E-state index in [1.165, 1.54) is 24.1 Å². The highest BCUT2D eigenvalue weighted by Gasteiger charge is 2.45. The van der Waals surface area contributed by atoms with Crippen LogP contribution in [0.1, 0.15) is 47.7 Å². The fourth-order valence-corrected chi connectivity index (χ4v) is 4.78. The first-order valence-electron chi connectivity index (χ1n) is 10.7. The molecule has 1 saturated carbocycles. The first kappa shape index (κ1) is 21.7. The molecular formula is C24H27FN2O3S. The second-order valence-electron chi connectivity index (χ2n) is 7.90. The van der Waals surface area contributed by atoms with Gasteiger partial charge in [0.25, 0.3) is 0 Å². The molecule has 0 saturated heterocycles. The number of aromatic carboxylic acids is 1. The quantitative estimate of drug-likeness (QED) is 0.501. The second-order valence-corrected chi connectivity index (χ2v) is 8.75. The molecule has 2 atom stereocenters. The van der Waals surface area contributed by atoms with Crippen molar-refractivity contribution in [3.8, 4) is 5.75 Å². The molecule has 1 aliphatic carbocycles. The Hall–Kier alpha value is -2.51. The lowest BCUT2D eigenvalue weighted by atomic mass is 10.0. The maximum atomic E-state index is 13.9. The van der Waals surface area contributed by atoms with Gasteiger partial charge in [0.05, 0.1) is 12.3 Å². The van der Waals surface area contributed by atoms with Gasteiger partial charge in [-0.1, -0.05) is 32.1 Å². The third-order valence-electron chi connectivity index (χ3n) is 5.96. The van der Waals surface area contributed by atoms with E-state index in [4.69, 9.17) is 4.74 Å². The molecule has 2 unspecified atom stereocenters. The van der Waals surface area contributed by atoms with E-state index in [1.807, 2.05) is 18.2 Å². The van der Waals surface area contributed by atoms with Crippen molar-refractivity contribution in [2.24, 2.45) is 5.92 Å². The molecule has 0 radical (unpaired) electrons. The number of carbonyl (C=O) groups is 1. The van der Waals surface area contributed by atoms with Crippen LogP contribution in [0.4, 0.5) is 10.1 Å². The molecule has 0 aromatic heterocycles. The van der Waals surface area contributed by atoms with Crippen LogP contribution in [0.2, 0.25) is 0 Å². The number of halogens is 1. The zero-order chi connectivity index (χ0) is 22.0. The predicted molar refractivity (Wildman–Crippen MR) is 122 cm³/mol. The van der Waals surface area contributed by atoms with Crippen LogP contribution in [0, 0.1) is 11.7 Å². The molecule has 0 spiro atoms. The molecule has 2 aromatic rings. The molecular weight excluding hydrogens is 415 g/mol. The van der Waals surface area contributed by atoms with Crippen LogP contribution in [-0.4, -0.2) is 42.2 Å². The topological polar surface area (TPSA) is 61.8 Å². The van der Waals surface area contributed by atoms with Crippen molar-refractivity contribution >= 4 is 29.7 Å². The molecule has 164 valence electrons. The second kappa shape index (κ2) is 9.32. The van der Waals surface area contributed by atoms with Gasteiger partial charge in [0.1, 0.15) is 17.1 Å². The van der Waals surface area contributed by atoms with Gasteiger partial charge in [-0.15, -0.1) is 0 Å². The van der Waals surface area contributed by atoms with E-state index in [1.54, 1.807) is 12.1 Å². The highest BCUT2D eigenvalue weighted by atomic mass is 32.2. The molecule has 1 aliphatic heterocycles. The van der Waals surface area contributed by atoms with Crippen molar-refractivity contribution in [2.75, 3.05) is 31.0 Å². The number of hydrogen-bond donors (Lipinski definition) is 2. The number of nitrogens with zero attached hydrogens (tertiary/aromatic N) is 1. The number of anilines is 1. The standard InChI is InChI=1S/C24H27FN2O3S/c1-3-27(4-2)11-5-6-15-12-17(25)7-10-21(15)31-26-20-9-8-18-19-13-16(19)14-30-23(18)22(20)24(28)29/h5-10,12,16,19,26H,3-4,11,13-14H2,1-2H3,(H,28,29)/b6-5-. The van der Waals surface area contributed by atoms with Crippen LogP contribution in [0.5, 0.6) is 5.75 Å². The maximum absolute atomic E-state index is 13.9. The molecule has 2 aromatic carbocycles. The van der Waals surface area contributed by atoms with E-state index >= 15 is 0 Å². The Labute approximate surface area is 186 Å². The van der Waals surface area contributed by atoms with E-state index < -0.39 is 5.97 Å². The van der Waals surface area contributed by atoms with E-state index in [0.717, 1.165) is 42.1 Å².